The van der Waals surface area contributed by atoms with E-state index < -0.39 is 0 Å². The lowest BCUT2D eigenvalue weighted by Gasteiger charge is -2.25. The Labute approximate surface area is 110 Å². The second-order valence-corrected chi connectivity index (χ2v) is 6.05. The molecule has 1 aromatic rings. The number of benzene rings is 1. The van der Waals surface area contributed by atoms with E-state index in [0.29, 0.717) is 0 Å². The van der Waals surface area contributed by atoms with Gasteiger partial charge in [0.1, 0.15) is 0 Å². The van der Waals surface area contributed by atoms with Gasteiger partial charge in [-0.2, -0.15) is 5.26 Å². The van der Waals surface area contributed by atoms with Crippen LogP contribution < -0.4 is 4.90 Å². The van der Waals surface area contributed by atoms with Crippen molar-refractivity contribution < 1.29 is 0 Å². The standard InChI is InChI=1S/C14H15BrN2/c15-12-5-11(8-16)6-14(7-12)17(13-3-4-13)9-10-1-2-10/h5-7,10,13H,1-4,9H2. The highest BCUT2D eigenvalue weighted by molar-refractivity contribution is 9.10. The number of hydrogen-bond acceptors (Lipinski definition) is 2. The largest absolute Gasteiger partial charge is 0.368 e. The molecule has 0 amide bonds. The van der Waals surface area contributed by atoms with Crippen molar-refractivity contribution in [3.05, 3.63) is 28.2 Å². The first-order chi connectivity index (χ1) is 8.26. The summed E-state index contributed by atoms with van der Waals surface area (Å²) in [5.41, 5.74) is 1.96. The van der Waals surface area contributed by atoms with Gasteiger partial charge in [-0.1, -0.05) is 15.9 Å². The molecule has 2 aliphatic rings. The van der Waals surface area contributed by atoms with Crippen LogP contribution in [0.15, 0.2) is 22.7 Å². The van der Waals surface area contributed by atoms with Crippen LogP contribution in [0, 0.1) is 17.2 Å². The molecule has 0 N–H and O–H groups in total. The third-order valence-corrected chi connectivity index (χ3v) is 3.94. The maximum Gasteiger partial charge on any atom is 0.0992 e. The van der Waals surface area contributed by atoms with Crippen LogP contribution in [-0.2, 0) is 0 Å². The molecule has 2 fully saturated rings. The second-order valence-electron chi connectivity index (χ2n) is 5.14. The van der Waals surface area contributed by atoms with E-state index in [9.17, 15) is 0 Å². The Hall–Kier alpha value is -1.01. The Kier molecular flexibility index (Phi) is 2.84. The van der Waals surface area contributed by atoms with E-state index in [0.717, 1.165) is 22.0 Å². The van der Waals surface area contributed by atoms with Crippen LogP contribution in [0.4, 0.5) is 5.69 Å². The lowest BCUT2D eigenvalue weighted by atomic mass is 10.2. The zero-order valence-electron chi connectivity index (χ0n) is 9.69. The highest BCUT2D eigenvalue weighted by Gasteiger charge is 2.33. The molecule has 2 saturated carbocycles. The van der Waals surface area contributed by atoms with Crippen LogP contribution in [0.3, 0.4) is 0 Å². The summed E-state index contributed by atoms with van der Waals surface area (Å²) in [5, 5.41) is 9.03. The highest BCUT2D eigenvalue weighted by atomic mass is 79.9. The molecule has 0 radical (unpaired) electrons. The Bertz CT molecular complexity index is 470. The maximum atomic E-state index is 9.03. The molecule has 0 spiro atoms. The van der Waals surface area contributed by atoms with Crippen molar-refractivity contribution in [2.45, 2.75) is 31.7 Å². The Morgan fingerprint density at radius 2 is 2.00 bits per heavy atom. The van der Waals surface area contributed by atoms with Gasteiger partial charge in [0.2, 0.25) is 0 Å². The molecule has 88 valence electrons. The van der Waals surface area contributed by atoms with Gasteiger partial charge in [0.05, 0.1) is 11.6 Å². The summed E-state index contributed by atoms with van der Waals surface area (Å²) >= 11 is 3.50. The zero-order chi connectivity index (χ0) is 11.8. The molecule has 0 aliphatic heterocycles. The van der Waals surface area contributed by atoms with Gasteiger partial charge >= 0.3 is 0 Å². The van der Waals surface area contributed by atoms with Crippen LogP contribution in [0.1, 0.15) is 31.2 Å². The summed E-state index contributed by atoms with van der Waals surface area (Å²) in [5.74, 6) is 0.889. The lowest BCUT2D eigenvalue weighted by molar-refractivity contribution is 0.718. The third-order valence-electron chi connectivity index (χ3n) is 3.48. The molecule has 0 atom stereocenters. The number of hydrogen-bond donors (Lipinski definition) is 0. The number of nitriles is 1. The van der Waals surface area contributed by atoms with Crippen molar-refractivity contribution in [2.75, 3.05) is 11.4 Å². The fourth-order valence-corrected chi connectivity index (χ4v) is 2.72. The second kappa shape index (κ2) is 4.34. The first kappa shape index (κ1) is 11.1. The minimum atomic E-state index is 0.719. The molecule has 0 unspecified atom stereocenters. The highest BCUT2D eigenvalue weighted by Crippen LogP contribution is 2.38. The SMILES string of the molecule is N#Cc1cc(Br)cc(N(CC2CC2)C2CC2)c1. The van der Waals surface area contributed by atoms with Gasteiger partial charge in [-0.3, -0.25) is 0 Å². The van der Waals surface area contributed by atoms with Gasteiger partial charge < -0.3 is 4.90 Å². The third kappa shape index (κ3) is 2.63. The van der Waals surface area contributed by atoms with Gasteiger partial charge in [0.15, 0.2) is 0 Å². The molecule has 2 aliphatic carbocycles. The molecule has 0 heterocycles. The lowest BCUT2D eigenvalue weighted by Crippen LogP contribution is -2.28. The maximum absolute atomic E-state index is 9.03. The number of nitrogens with zero attached hydrogens (tertiary/aromatic N) is 2. The first-order valence-electron chi connectivity index (χ1n) is 6.23. The van der Waals surface area contributed by atoms with Gasteiger partial charge in [0.25, 0.3) is 0 Å². The van der Waals surface area contributed by atoms with E-state index in [1.165, 1.54) is 37.9 Å². The zero-order valence-corrected chi connectivity index (χ0v) is 11.3. The van der Waals surface area contributed by atoms with E-state index in [2.05, 4.69) is 33.0 Å². The molecule has 3 heteroatoms. The number of anilines is 1. The summed E-state index contributed by atoms with van der Waals surface area (Å²) < 4.78 is 1.01. The van der Waals surface area contributed by atoms with Crippen molar-refractivity contribution in [2.24, 2.45) is 5.92 Å². The fraction of sp³-hybridized carbons (Fsp3) is 0.500. The van der Waals surface area contributed by atoms with Crippen molar-refractivity contribution in [3.63, 3.8) is 0 Å². The van der Waals surface area contributed by atoms with E-state index in [4.69, 9.17) is 5.26 Å². The Morgan fingerprint density at radius 3 is 2.59 bits per heavy atom. The summed E-state index contributed by atoms with van der Waals surface area (Å²) in [6.45, 7) is 1.17. The topological polar surface area (TPSA) is 27.0 Å². The fourth-order valence-electron chi connectivity index (χ4n) is 2.23. The molecule has 0 saturated heterocycles. The Morgan fingerprint density at radius 1 is 1.24 bits per heavy atom. The van der Waals surface area contributed by atoms with Crippen LogP contribution in [0.5, 0.6) is 0 Å². The molecular formula is C14H15BrN2. The van der Waals surface area contributed by atoms with E-state index in [1.807, 2.05) is 12.1 Å². The number of halogens is 1. The van der Waals surface area contributed by atoms with Gasteiger partial charge in [-0.05, 0) is 49.8 Å². The molecule has 0 aromatic heterocycles. The van der Waals surface area contributed by atoms with Gasteiger partial charge in [0, 0.05) is 22.7 Å². The Balaban J connectivity index is 1.88. The van der Waals surface area contributed by atoms with Crippen LogP contribution in [0.25, 0.3) is 0 Å². The van der Waals surface area contributed by atoms with E-state index in [1.54, 1.807) is 0 Å². The molecule has 3 rings (SSSR count). The average molecular weight is 291 g/mol. The van der Waals surface area contributed by atoms with Crippen molar-refractivity contribution in [1.29, 1.82) is 5.26 Å². The van der Waals surface area contributed by atoms with Crippen molar-refractivity contribution in [3.8, 4) is 6.07 Å². The first-order valence-corrected chi connectivity index (χ1v) is 7.03. The summed E-state index contributed by atoms with van der Waals surface area (Å²) in [4.78, 5) is 2.50. The van der Waals surface area contributed by atoms with E-state index >= 15 is 0 Å². The quantitative estimate of drug-likeness (QED) is 0.845. The minimum absolute atomic E-state index is 0.719. The number of rotatable bonds is 4. The van der Waals surface area contributed by atoms with Crippen LogP contribution in [-0.4, -0.2) is 12.6 Å². The van der Waals surface area contributed by atoms with Gasteiger partial charge in [-0.25, -0.2) is 0 Å². The van der Waals surface area contributed by atoms with Crippen LogP contribution in [0.2, 0.25) is 0 Å². The minimum Gasteiger partial charge on any atom is -0.368 e. The summed E-state index contributed by atoms with van der Waals surface area (Å²) in [6, 6.07) is 8.99. The average Bonchev–Trinajstić information content (AvgIpc) is 3.16. The monoisotopic (exact) mass is 290 g/mol. The molecule has 17 heavy (non-hydrogen) atoms. The predicted molar refractivity (Wildman–Crippen MR) is 71.9 cm³/mol. The smallest absolute Gasteiger partial charge is 0.0992 e. The molecule has 1 aromatic carbocycles. The molecule has 0 bridgehead atoms. The van der Waals surface area contributed by atoms with E-state index in [-0.39, 0.29) is 0 Å². The molecule has 2 nitrogen and oxygen atoms in total. The molecular weight excluding hydrogens is 276 g/mol. The normalized spacial score (nSPS) is 18.8. The van der Waals surface area contributed by atoms with Crippen molar-refractivity contribution in [1.82, 2.24) is 0 Å². The predicted octanol–water partition coefficient (Wildman–Crippen LogP) is 3.70. The summed E-state index contributed by atoms with van der Waals surface area (Å²) in [7, 11) is 0. The van der Waals surface area contributed by atoms with Crippen LogP contribution >= 0.6 is 15.9 Å². The summed E-state index contributed by atoms with van der Waals surface area (Å²) in [6.07, 6.45) is 5.37. The van der Waals surface area contributed by atoms with Crippen molar-refractivity contribution >= 4 is 21.6 Å². The van der Waals surface area contributed by atoms with Gasteiger partial charge in [-0.15, -0.1) is 0 Å².